The Bertz CT molecular complexity index is 240. The molecule has 1 heterocycles. The number of nitrogens with zero attached hydrogens (tertiary/aromatic N) is 1. The number of rotatable bonds is 4. The van der Waals surface area contributed by atoms with Gasteiger partial charge in [0.05, 0.1) is 10.1 Å². The molecule has 0 bridgehead atoms. The van der Waals surface area contributed by atoms with E-state index in [1.165, 1.54) is 0 Å². The molecule has 0 aliphatic carbocycles. The van der Waals surface area contributed by atoms with Gasteiger partial charge in [-0.25, -0.2) is 4.98 Å². The predicted molar refractivity (Wildman–Crippen MR) is 55.8 cm³/mol. The van der Waals surface area contributed by atoms with Gasteiger partial charge in [-0.2, -0.15) is 0 Å². The van der Waals surface area contributed by atoms with Gasteiger partial charge in [0.2, 0.25) is 0 Å². The summed E-state index contributed by atoms with van der Waals surface area (Å²) in [5.41, 5.74) is 5.39. The van der Waals surface area contributed by atoms with Crippen molar-refractivity contribution in [2.45, 2.75) is 10.1 Å². The molecule has 0 atom stereocenters. The van der Waals surface area contributed by atoms with E-state index in [0.29, 0.717) is 6.54 Å². The summed E-state index contributed by atoms with van der Waals surface area (Å²) >= 11 is 3.36. The lowest BCUT2D eigenvalue weighted by Gasteiger charge is -2.00. The van der Waals surface area contributed by atoms with Gasteiger partial charge >= 0.3 is 0 Å². The van der Waals surface area contributed by atoms with Gasteiger partial charge in [0.25, 0.3) is 0 Å². The van der Waals surface area contributed by atoms with E-state index in [9.17, 15) is 0 Å². The highest BCUT2D eigenvalue weighted by Gasteiger charge is 1.95. The third-order valence-electron chi connectivity index (χ3n) is 1.27. The molecule has 0 fully saturated rings. The Hall–Kier alpha value is -0.190. The Kier molecular flexibility index (Phi) is 4.50. The molecular formula is C8H12N2S2. The van der Waals surface area contributed by atoms with Gasteiger partial charge in [-0.1, -0.05) is 6.07 Å². The molecule has 1 aromatic heterocycles. The fourth-order valence-corrected chi connectivity index (χ4v) is 1.88. The zero-order valence-electron chi connectivity index (χ0n) is 6.99. The van der Waals surface area contributed by atoms with Crippen molar-refractivity contribution in [2.75, 3.05) is 18.6 Å². The van der Waals surface area contributed by atoms with Gasteiger partial charge in [-0.05, 0) is 18.4 Å². The zero-order chi connectivity index (χ0) is 8.81. The van der Waals surface area contributed by atoms with Gasteiger partial charge in [0.15, 0.2) is 0 Å². The summed E-state index contributed by atoms with van der Waals surface area (Å²) in [6, 6.07) is 6.05. The second-order valence-electron chi connectivity index (χ2n) is 2.16. The third-order valence-corrected chi connectivity index (χ3v) is 2.88. The SMILES string of the molecule is CSc1cccc(SCCN)n1. The number of pyridine rings is 1. The van der Waals surface area contributed by atoms with Crippen LogP contribution in [-0.4, -0.2) is 23.5 Å². The van der Waals surface area contributed by atoms with E-state index >= 15 is 0 Å². The Morgan fingerprint density at radius 3 is 2.83 bits per heavy atom. The van der Waals surface area contributed by atoms with Crippen LogP contribution in [0.5, 0.6) is 0 Å². The highest BCUT2D eigenvalue weighted by atomic mass is 32.2. The fourth-order valence-electron chi connectivity index (χ4n) is 0.753. The fraction of sp³-hybridized carbons (Fsp3) is 0.375. The molecule has 0 aliphatic heterocycles. The highest BCUT2D eigenvalue weighted by Crippen LogP contribution is 2.18. The smallest absolute Gasteiger partial charge is 0.0973 e. The van der Waals surface area contributed by atoms with E-state index in [4.69, 9.17) is 5.73 Å². The molecule has 2 N–H and O–H groups in total. The maximum atomic E-state index is 5.39. The summed E-state index contributed by atoms with van der Waals surface area (Å²) < 4.78 is 0. The molecule has 4 heteroatoms. The molecule has 0 aliphatic rings. The second kappa shape index (κ2) is 5.45. The molecule has 1 aromatic rings. The van der Waals surface area contributed by atoms with E-state index in [2.05, 4.69) is 4.98 Å². The standard InChI is InChI=1S/C8H12N2S2/c1-11-7-3-2-4-8(10-7)12-6-5-9/h2-4H,5-6,9H2,1H3. The van der Waals surface area contributed by atoms with Crippen LogP contribution in [0.25, 0.3) is 0 Å². The zero-order valence-corrected chi connectivity index (χ0v) is 8.62. The van der Waals surface area contributed by atoms with Crippen LogP contribution in [0.4, 0.5) is 0 Å². The first-order chi connectivity index (χ1) is 5.86. The minimum absolute atomic E-state index is 0.704. The monoisotopic (exact) mass is 200 g/mol. The molecule has 0 spiro atoms. The van der Waals surface area contributed by atoms with Gasteiger partial charge < -0.3 is 5.73 Å². The van der Waals surface area contributed by atoms with Gasteiger partial charge in [0.1, 0.15) is 0 Å². The van der Waals surface area contributed by atoms with E-state index in [1.54, 1.807) is 23.5 Å². The quantitative estimate of drug-likeness (QED) is 0.753. The molecule has 0 saturated carbocycles. The van der Waals surface area contributed by atoms with E-state index in [-0.39, 0.29) is 0 Å². The molecular weight excluding hydrogens is 188 g/mol. The normalized spacial score (nSPS) is 10.2. The lowest BCUT2D eigenvalue weighted by Crippen LogP contribution is -2.01. The predicted octanol–water partition coefficient (Wildman–Crippen LogP) is 1.85. The van der Waals surface area contributed by atoms with Crippen molar-refractivity contribution in [3.63, 3.8) is 0 Å². The summed E-state index contributed by atoms with van der Waals surface area (Å²) in [5.74, 6) is 0.935. The van der Waals surface area contributed by atoms with E-state index in [0.717, 1.165) is 15.8 Å². The first-order valence-electron chi connectivity index (χ1n) is 3.70. The maximum Gasteiger partial charge on any atom is 0.0973 e. The topological polar surface area (TPSA) is 38.9 Å². The number of hydrogen-bond acceptors (Lipinski definition) is 4. The largest absolute Gasteiger partial charge is 0.330 e. The van der Waals surface area contributed by atoms with Crippen LogP contribution in [0, 0.1) is 0 Å². The summed E-state index contributed by atoms with van der Waals surface area (Å²) in [5, 5.41) is 2.13. The number of hydrogen-bond donors (Lipinski definition) is 1. The van der Waals surface area contributed by atoms with Crippen LogP contribution in [0.3, 0.4) is 0 Å². The molecule has 0 saturated heterocycles. The van der Waals surface area contributed by atoms with Crippen molar-refractivity contribution < 1.29 is 0 Å². The molecule has 0 aromatic carbocycles. The van der Waals surface area contributed by atoms with Crippen molar-refractivity contribution in [2.24, 2.45) is 5.73 Å². The lowest BCUT2D eigenvalue weighted by molar-refractivity contribution is 1.01. The molecule has 12 heavy (non-hydrogen) atoms. The Morgan fingerprint density at radius 1 is 1.42 bits per heavy atom. The number of thioether (sulfide) groups is 2. The van der Waals surface area contributed by atoms with Crippen molar-refractivity contribution in [3.05, 3.63) is 18.2 Å². The van der Waals surface area contributed by atoms with Crippen LogP contribution in [0.1, 0.15) is 0 Å². The Balaban J connectivity index is 2.60. The van der Waals surface area contributed by atoms with Crippen molar-refractivity contribution in [3.8, 4) is 0 Å². The van der Waals surface area contributed by atoms with Crippen molar-refractivity contribution in [1.82, 2.24) is 4.98 Å². The Labute approximate surface area is 81.3 Å². The average Bonchev–Trinajstić information content (AvgIpc) is 2.15. The molecule has 0 unspecified atom stereocenters. The minimum atomic E-state index is 0.704. The van der Waals surface area contributed by atoms with Crippen LogP contribution in [0.15, 0.2) is 28.3 Å². The van der Waals surface area contributed by atoms with Gasteiger partial charge in [0, 0.05) is 12.3 Å². The Morgan fingerprint density at radius 2 is 2.17 bits per heavy atom. The molecule has 66 valence electrons. The molecule has 1 rings (SSSR count). The summed E-state index contributed by atoms with van der Waals surface area (Å²) in [4.78, 5) is 4.40. The second-order valence-corrected chi connectivity index (χ2v) is 4.10. The minimum Gasteiger partial charge on any atom is -0.330 e. The van der Waals surface area contributed by atoms with Gasteiger partial charge in [-0.3, -0.25) is 0 Å². The van der Waals surface area contributed by atoms with E-state index in [1.807, 2.05) is 24.5 Å². The first kappa shape index (κ1) is 9.89. The van der Waals surface area contributed by atoms with Crippen LogP contribution >= 0.6 is 23.5 Å². The van der Waals surface area contributed by atoms with Crippen LogP contribution in [-0.2, 0) is 0 Å². The third kappa shape index (κ3) is 3.05. The number of nitrogens with two attached hydrogens (primary N) is 1. The number of aromatic nitrogens is 1. The molecule has 2 nitrogen and oxygen atoms in total. The summed E-state index contributed by atoms with van der Waals surface area (Å²) in [6.07, 6.45) is 2.03. The summed E-state index contributed by atoms with van der Waals surface area (Å²) in [6.45, 7) is 0.704. The van der Waals surface area contributed by atoms with Crippen LogP contribution < -0.4 is 5.73 Å². The molecule has 0 radical (unpaired) electrons. The van der Waals surface area contributed by atoms with Gasteiger partial charge in [-0.15, -0.1) is 23.5 Å². The summed E-state index contributed by atoms with van der Waals surface area (Å²) in [7, 11) is 0. The lowest BCUT2D eigenvalue weighted by atomic mass is 10.5. The van der Waals surface area contributed by atoms with Crippen LogP contribution in [0.2, 0.25) is 0 Å². The van der Waals surface area contributed by atoms with E-state index < -0.39 is 0 Å². The van der Waals surface area contributed by atoms with Crippen molar-refractivity contribution in [1.29, 1.82) is 0 Å². The average molecular weight is 200 g/mol. The first-order valence-corrected chi connectivity index (χ1v) is 5.91. The molecule has 0 amide bonds. The highest BCUT2D eigenvalue weighted by molar-refractivity contribution is 7.99. The van der Waals surface area contributed by atoms with Crippen molar-refractivity contribution >= 4 is 23.5 Å². The maximum absolute atomic E-state index is 5.39.